The lowest BCUT2D eigenvalue weighted by Crippen LogP contribution is -1.99. The molecule has 0 amide bonds. The molecule has 3 aromatic rings. The molecule has 1 aromatic heterocycles. The maximum absolute atomic E-state index is 13.3. The minimum Gasteiger partial charge on any atom is -0.326 e. The molecule has 0 aliphatic rings. The molecular formula is C14H9F2N3O2. The first-order chi connectivity index (χ1) is 10.0. The van der Waals surface area contributed by atoms with Crippen molar-refractivity contribution in [2.24, 2.45) is 0 Å². The molecule has 0 aliphatic heterocycles. The van der Waals surface area contributed by atoms with E-state index < -0.39 is 16.6 Å². The monoisotopic (exact) mass is 289 g/mol. The predicted octanol–water partition coefficient (Wildman–Crippen LogP) is 3.27. The fourth-order valence-corrected chi connectivity index (χ4v) is 2.14. The third-order valence-electron chi connectivity index (χ3n) is 3.14. The minimum absolute atomic E-state index is 0.0193. The second-order valence-corrected chi connectivity index (χ2v) is 4.55. The Bertz CT molecular complexity index is 845. The first-order valence-electron chi connectivity index (χ1n) is 6.08. The lowest BCUT2D eigenvalue weighted by atomic mass is 10.2. The number of benzene rings is 2. The number of nitrogens with zero attached hydrogens (tertiary/aromatic N) is 3. The molecule has 0 fully saturated rings. The lowest BCUT2D eigenvalue weighted by Gasteiger charge is -2.05. The van der Waals surface area contributed by atoms with Gasteiger partial charge in [0.1, 0.15) is 0 Å². The number of hydrogen-bond acceptors (Lipinski definition) is 3. The van der Waals surface area contributed by atoms with Crippen molar-refractivity contribution in [2.75, 3.05) is 0 Å². The van der Waals surface area contributed by atoms with Gasteiger partial charge in [-0.2, -0.15) is 0 Å². The Kier molecular flexibility index (Phi) is 3.09. The van der Waals surface area contributed by atoms with Crippen LogP contribution in [0.3, 0.4) is 0 Å². The molecule has 3 rings (SSSR count). The van der Waals surface area contributed by atoms with Gasteiger partial charge in [0.05, 0.1) is 22.3 Å². The van der Waals surface area contributed by atoms with Gasteiger partial charge in [-0.25, -0.2) is 13.8 Å². The van der Waals surface area contributed by atoms with Crippen molar-refractivity contribution >= 4 is 16.7 Å². The molecule has 0 radical (unpaired) electrons. The molecule has 0 atom stereocenters. The number of imidazole rings is 1. The van der Waals surface area contributed by atoms with Gasteiger partial charge in [-0.1, -0.05) is 12.1 Å². The Labute approximate surface area is 117 Å². The van der Waals surface area contributed by atoms with Crippen molar-refractivity contribution in [3.05, 3.63) is 70.0 Å². The molecule has 106 valence electrons. The van der Waals surface area contributed by atoms with E-state index in [1.807, 2.05) is 0 Å². The number of hydrogen-bond donors (Lipinski definition) is 0. The van der Waals surface area contributed by atoms with E-state index in [1.54, 1.807) is 16.7 Å². The van der Waals surface area contributed by atoms with Gasteiger partial charge >= 0.3 is 0 Å². The van der Waals surface area contributed by atoms with Crippen LogP contribution in [0.5, 0.6) is 0 Å². The molecule has 0 saturated carbocycles. The smallest absolute Gasteiger partial charge is 0.269 e. The van der Waals surface area contributed by atoms with Crippen molar-refractivity contribution < 1.29 is 13.7 Å². The number of non-ortho nitro benzene ring substituents is 1. The van der Waals surface area contributed by atoms with E-state index in [-0.39, 0.29) is 12.2 Å². The zero-order valence-corrected chi connectivity index (χ0v) is 10.7. The number of halogens is 2. The van der Waals surface area contributed by atoms with Crippen LogP contribution in [0, 0.1) is 21.7 Å². The van der Waals surface area contributed by atoms with Crippen LogP contribution in [0.2, 0.25) is 0 Å². The van der Waals surface area contributed by atoms with Crippen LogP contribution in [-0.4, -0.2) is 14.5 Å². The van der Waals surface area contributed by atoms with Crippen molar-refractivity contribution in [2.45, 2.75) is 6.54 Å². The van der Waals surface area contributed by atoms with Crippen LogP contribution in [0.4, 0.5) is 14.5 Å². The third-order valence-corrected chi connectivity index (χ3v) is 3.14. The molecule has 2 aromatic carbocycles. The largest absolute Gasteiger partial charge is 0.326 e. The summed E-state index contributed by atoms with van der Waals surface area (Å²) >= 11 is 0. The Hall–Kier alpha value is -2.83. The minimum atomic E-state index is -0.955. The van der Waals surface area contributed by atoms with E-state index >= 15 is 0 Å². The predicted molar refractivity (Wildman–Crippen MR) is 71.8 cm³/mol. The molecule has 0 spiro atoms. The SMILES string of the molecule is O=[N+]([O-])c1cccc(Cn2cnc3cc(F)c(F)cc32)c1. The van der Waals surface area contributed by atoms with Crippen molar-refractivity contribution in [1.82, 2.24) is 9.55 Å². The molecule has 0 aliphatic carbocycles. The van der Waals surface area contributed by atoms with Crippen LogP contribution < -0.4 is 0 Å². The normalized spacial score (nSPS) is 11.0. The van der Waals surface area contributed by atoms with E-state index in [9.17, 15) is 18.9 Å². The number of rotatable bonds is 3. The highest BCUT2D eigenvalue weighted by molar-refractivity contribution is 5.75. The Morgan fingerprint density at radius 1 is 1.19 bits per heavy atom. The van der Waals surface area contributed by atoms with Crippen molar-refractivity contribution in [3.63, 3.8) is 0 Å². The highest BCUT2D eigenvalue weighted by Gasteiger charge is 2.11. The second-order valence-electron chi connectivity index (χ2n) is 4.55. The summed E-state index contributed by atoms with van der Waals surface area (Å²) in [5.41, 5.74) is 1.42. The van der Waals surface area contributed by atoms with E-state index in [0.29, 0.717) is 16.6 Å². The van der Waals surface area contributed by atoms with Gasteiger partial charge in [-0.15, -0.1) is 0 Å². The zero-order valence-electron chi connectivity index (χ0n) is 10.7. The van der Waals surface area contributed by atoms with Crippen LogP contribution >= 0.6 is 0 Å². The number of aromatic nitrogens is 2. The maximum Gasteiger partial charge on any atom is 0.269 e. The molecule has 0 saturated heterocycles. The average Bonchev–Trinajstić information content (AvgIpc) is 2.82. The van der Waals surface area contributed by atoms with Crippen LogP contribution in [0.1, 0.15) is 5.56 Å². The van der Waals surface area contributed by atoms with Crippen LogP contribution in [-0.2, 0) is 6.54 Å². The van der Waals surface area contributed by atoms with E-state index in [2.05, 4.69) is 4.98 Å². The van der Waals surface area contributed by atoms with Crippen LogP contribution in [0.25, 0.3) is 11.0 Å². The highest BCUT2D eigenvalue weighted by Crippen LogP contribution is 2.20. The molecule has 0 bridgehead atoms. The van der Waals surface area contributed by atoms with E-state index in [0.717, 1.165) is 12.1 Å². The summed E-state index contributed by atoms with van der Waals surface area (Å²) in [6.07, 6.45) is 1.45. The van der Waals surface area contributed by atoms with Crippen LogP contribution in [0.15, 0.2) is 42.7 Å². The maximum atomic E-state index is 13.3. The van der Waals surface area contributed by atoms with E-state index in [4.69, 9.17) is 0 Å². The number of nitro groups is 1. The van der Waals surface area contributed by atoms with Gasteiger partial charge in [0, 0.05) is 30.8 Å². The Balaban J connectivity index is 2.00. The average molecular weight is 289 g/mol. The number of fused-ring (bicyclic) bond motifs is 1. The first kappa shape index (κ1) is 13.2. The molecule has 1 heterocycles. The summed E-state index contributed by atoms with van der Waals surface area (Å²) in [7, 11) is 0. The van der Waals surface area contributed by atoms with Gasteiger partial charge in [0.25, 0.3) is 5.69 Å². The van der Waals surface area contributed by atoms with Gasteiger partial charge < -0.3 is 4.57 Å². The van der Waals surface area contributed by atoms with Gasteiger partial charge in [0.2, 0.25) is 0 Å². The summed E-state index contributed by atoms with van der Waals surface area (Å²) in [6, 6.07) is 8.21. The Morgan fingerprint density at radius 3 is 2.71 bits per heavy atom. The molecule has 5 nitrogen and oxygen atoms in total. The standard InChI is InChI=1S/C14H9F2N3O2/c15-11-5-13-14(6-12(11)16)18(8-17-13)7-9-2-1-3-10(4-9)19(20)21/h1-6,8H,7H2. The molecule has 7 heteroatoms. The molecule has 0 N–H and O–H groups in total. The molecular weight excluding hydrogens is 280 g/mol. The summed E-state index contributed by atoms with van der Waals surface area (Å²) in [5.74, 6) is -1.91. The fourth-order valence-electron chi connectivity index (χ4n) is 2.14. The fraction of sp³-hybridized carbons (Fsp3) is 0.0714. The lowest BCUT2D eigenvalue weighted by molar-refractivity contribution is -0.384. The summed E-state index contributed by atoms with van der Waals surface area (Å²) in [4.78, 5) is 14.3. The molecule has 21 heavy (non-hydrogen) atoms. The quantitative estimate of drug-likeness (QED) is 0.549. The molecule has 0 unspecified atom stereocenters. The first-order valence-corrected chi connectivity index (χ1v) is 6.08. The summed E-state index contributed by atoms with van der Waals surface area (Å²) in [6.45, 7) is 0.281. The summed E-state index contributed by atoms with van der Waals surface area (Å²) in [5, 5.41) is 10.7. The van der Waals surface area contributed by atoms with Crippen molar-refractivity contribution in [1.29, 1.82) is 0 Å². The van der Waals surface area contributed by atoms with Gasteiger partial charge in [0.15, 0.2) is 11.6 Å². The highest BCUT2D eigenvalue weighted by atomic mass is 19.2. The number of nitro benzene ring substituents is 1. The summed E-state index contributed by atoms with van der Waals surface area (Å²) < 4.78 is 28.0. The zero-order chi connectivity index (χ0) is 15.0. The second kappa shape index (κ2) is 4.93. The van der Waals surface area contributed by atoms with Gasteiger partial charge in [-0.3, -0.25) is 10.1 Å². The Morgan fingerprint density at radius 2 is 1.95 bits per heavy atom. The van der Waals surface area contributed by atoms with Crippen molar-refractivity contribution in [3.8, 4) is 0 Å². The van der Waals surface area contributed by atoms with Gasteiger partial charge in [-0.05, 0) is 5.56 Å². The third kappa shape index (κ3) is 2.45. The topological polar surface area (TPSA) is 61.0 Å². The van der Waals surface area contributed by atoms with E-state index in [1.165, 1.54) is 18.5 Å².